The Labute approximate surface area is 170 Å². The molecule has 4 rings (SSSR count). The molecule has 0 aliphatic carbocycles. The van der Waals surface area contributed by atoms with E-state index in [1.54, 1.807) is 30.1 Å². The molecule has 1 aromatic carbocycles. The molecule has 0 aliphatic rings. The number of benzene rings is 1. The van der Waals surface area contributed by atoms with E-state index in [1.807, 2.05) is 13.8 Å². The molecule has 0 fully saturated rings. The monoisotopic (exact) mass is 412 g/mol. The molecule has 30 heavy (non-hydrogen) atoms. The second-order valence-electron chi connectivity index (χ2n) is 7.12. The molecular formula is C20H21FN6O3. The predicted octanol–water partition coefficient (Wildman–Crippen LogP) is 1.57. The molecule has 10 heteroatoms. The fourth-order valence-corrected chi connectivity index (χ4v) is 3.37. The Kier molecular flexibility index (Phi) is 4.98. The summed E-state index contributed by atoms with van der Waals surface area (Å²) in [6, 6.07) is 6.06. The zero-order valence-electron chi connectivity index (χ0n) is 16.9. The van der Waals surface area contributed by atoms with E-state index in [9.17, 15) is 14.0 Å². The third kappa shape index (κ3) is 3.51. The molecule has 0 amide bonds. The first-order valence-corrected chi connectivity index (χ1v) is 9.43. The van der Waals surface area contributed by atoms with Crippen molar-refractivity contribution in [2.45, 2.75) is 33.4 Å². The zero-order valence-corrected chi connectivity index (χ0v) is 16.9. The summed E-state index contributed by atoms with van der Waals surface area (Å²) in [5.41, 5.74) is 2.01. The van der Waals surface area contributed by atoms with E-state index in [0.717, 1.165) is 21.4 Å². The van der Waals surface area contributed by atoms with Crippen molar-refractivity contribution in [3.63, 3.8) is 0 Å². The van der Waals surface area contributed by atoms with Gasteiger partial charge in [-0.25, -0.2) is 27.9 Å². The van der Waals surface area contributed by atoms with Crippen LogP contribution in [0, 0.1) is 19.7 Å². The van der Waals surface area contributed by atoms with Crippen molar-refractivity contribution >= 4 is 0 Å². The number of hydrogen-bond acceptors (Lipinski definition) is 5. The quantitative estimate of drug-likeness (QED) is 0.479. The number of aromatic nitrogens is 6. The molecule has 3 aromatic heterocycles. The van der Waals surface area contributed by atoms with E-state index >= 15 is 0 Å². The van der Waals surface area contributed by atoms with E-state index in [1.165, 1.54) is 27.7 Å². The van der Waals surface area contributed by atoms with Crippen LogP contribution >= 0.6 is 0 Å². The van der Waals surface area contributed by atoms with Gasteiger partial charge in [-0.05, 0) is 38.0 Å². The van der Waals surface area contributed by atoms with Gasteiger partial charge in [0.2, 0.25) is 0 Å². The summed E-state index contributed by atoms with van der Waals surface area (Å²) in [5, 5.41) is 8.19. The zero-order chi connectivity index (χ0) is 21.4. The van der Waals surface area contributed by atoms with Gasteiger partial charge in [0.05, 0.1) is 24.1 Å². The molecule has 0 spiro atoms. The lowest BCUT2D eigenvalue weighted by Crippen LogP contribution is -2.27. The van der Waals surface area contributed by atoms with Crippen LogP contribution in [0.2, 0.25) is 0 Å². The van der Waals surface area contributed by atoms with Crippen molar-refractivity contribution in [1.29, 1.82) is 0 Å². The number of aryl methyl sites for hydroxylation is 3. The smallest absolute Gasteiger partial charge is 0.351 e. The van der Waals surface area contributed by atoms with Gasteiger partial charge in [0.15, 0.2) is 0 Å². The van der Waals surface area contributed by atoms with Gasteiger partial charge >= 0.3 is 11.4 Å². The van der Waals surface area contributed by atoms with Gasteiger partial charge < -0.3 is 4.52 Å². The topological polar surface area (TPSA) is 92.8 Å². The number of nitrogens with zero attached hydrogens (tertiary/aromatic N) is 6. The maximum absolute atomic E-state index is 13.1. The molecule has 0 aliphatic heterocycles. The maximum atomic E-state index is 13.1. The standard InChI is InChI=1S/C20H21FN6O3/c1-13-18(14(2)30-23-13)12-25-11-17(10-22-25)27-19(28)24(3)26(20(27)29)9-8-15-4-6-16(21)7-5-15/h4-7,10-11H,8-9,12H2,1-3H3. The van der Waals surface area contributed by atoms with Gasteiger partial charge in [0, 0.05) is 25.4 Å². The SMILES string of the molecule is Cc1noc(C)c1Cn1cc(-n2c(=O)n(C)n(CCc3ccc(F)cc3)c2=O)cn1. The predicted molar refractivity (Wildman–Crippen MR) is 106 cm³/mol. The van der Waals surface area contributed by atoms with Crippen molar-refractivity contribution in [2.24, 2.45) is 7.05 Å². The Bertz CT molecular complexity index is 1290. The highest BCUT2D eigenvalue weighted by atomic mass is 19.1. The van der Waals surface area contributed by atoms with Crippen LogP contribution in [0.3, 0.4) is 0 Å². The lowest BCUT2D eigenvalue weighted by atomic mass is 10.1. The lowest BCUT2D eigenvalue weighted by Gasteiger charge is -2.05. The van der Waals surface area contributed by atoms with Crippen molar-refractivity contribution in [3.05, 3.63) is 86.0 Å². The molecule has 4 aromatic rings. The lowest BCUT2D eigenvalue weighted by molar-refractivity contribution is 0.391. The van der Waals surface area contributed by atoms with Crippen LogP contribution in [0.15, 0.2) is 50.8 Å². The minimum atomic E-state index is -0.462. The third-order valence-corrected chi connectivity index (χ3v) is 5.15. The Morgan fingerprint density at radius 1 is 1.10 bits per heavy atom. The number of halogens is 1. The minimum absolute atomic E-state index is 0.288. The first-order valence-electron chi connectivity index (χ1n) is 9.43. The van der Waals surface area contributed by atoms with E-state index in [0.29, 0.717) is 24.4 Å². The van der Waals surface area contributed by atoms with Crippen LogP contribution < -0.4 is 11.4 Å². The minimum Gasteiger partial charge on any atom is -0.361 e. The summed E-state index contributed by atoms with van der Waals surface area (Å²) >= 11 is 0. The molecule has 0 saturated carbocycles. The first-order chi connectivity index (χ1) is 14.3. The van der Waals surface area contributed by atoms with Crippen LogP contribution in [-0.2, 0) is 26.6 Å². The van der Waals surface area contributed by atoms with Crippen LogP contribution in [0.5, 0.6) is 0 Å². The Morgan fingerprint density at radius 3 is 2.50 bits per heavy atom. The van der Waals surface area contributed by atoms with Crippen LogP contribution in [-0.4, -0.2) is 28.9 Å². The molecule has 156 valence electrons. The summed E-state index contributed by atoms with van der Waals surface area (Å²) in [6.45, 7) is 4.37. The van der Waals surface area contributed by atoms with E-state index in [-0.39, 0.29) is 12.4 Å². The number of hydrogen-bond donors (Lipinski definition) is 0. The van der Waals surface area contributed by atoms with Crippen molar-refractivity contribution in [2.75, 3.05) is 0 Å². The normalized spacial score (nSPS) is 11.3. The Morgan fingerprint density at radius 2 is 1.83 bits per heavy atom. The first kappa shape index (κ1) is 19.6. The van der Waals surface area contributed by atoms with Crippen molar-refractivity contribution < 1.29 is 8.91 Å². The molecule has 0 atom stereocenters. The van der Waals surface area contributed by atoms with Crippen molar-refractivity contribution in [1.82, 2.24) is 28.9 Å². The highest BCUT2D eigenvalue weighted by molar-refractivity contribution is 5.26. The second-order valence-corrected chi connectivity index (χ2v) is 7.12. The summed E-state index contributed by atoms with van der Waals surface area (Å²) in [4.78, 5) is 25.6. The molecule has 0 unspecified atom stereocenters. The van der Waals surface area contributed by atoms with Crippen LogP contribution in [0.4, 0.5) is 4.39 Å². The van der Waals surface area contributed by atoms with Gasteiger partial charge in [0.1, 0.15) is 11.6 Å². The molecule has 0 radical (unpaired) electrons. The van der Waals surface area contributed by atoms with Crippen LogP contribution in [0.1, 0.15) is 22.6 Å². The molecule has 9 nitrogen and oxygen atoms in total. The van der Waals surface area contributed by atoms with Gasteiger partial charge in [-0.2, -0.15) is 5.10 Å². The maximum Gasteiger partial charge on any atom is 0.351 e. The summed E-state index contributed by atoms with van der Waals surface area (Å²) in [6.07, 6.45) is 3.60. The Balaban J connectivity index is 1.60. The van der Waals surface area contributed by atoms with Crippen molar-refractivity contribution in [3.8, 4) is 5.69 Å². The molecule has 3 heterocycles. The highest BCUT2D eigenvalue weighted by Gasteiger charge is 2.17. The largest absolute Gasteiger partial charge is 0.361 e. The fourth-order valence-electron chi connectivity index (χ4n) is 3.37. The van der Waals surface area contributed by atoms with E-state index < -0.39 is 11.4 Å². The number of rotatable bonds is 6. The molecule has 0 bridgehead atoms. The summed E-state index contributed by atoms with van der Waals surface area (Å²) in [5.74, 6) is 0.382. The van der Waals surface area contributed by atoms with E-state index in [2.05, 4.69) is 10.3 Å². The van der Waals surface area contributed by atoms with Gasteiger partial charge in [-0.3, -0.25) is 4.68 Å². The van der Waals surface area contributed by atoms with E-state index in [4.69, 9.17) is 4.52 Å². The Hall–Kier alpha value is -3.69. The second kappa shape index (κ2) is 7.62. The fraction of sp³-hybridized carbons (Fsp3) is 0.300. The summed E-state index contributed by atoms with van der Waals surface area (Å²) in [7, 11) is 1.54. The average Bonchev–Trinajstić information content (AvgIpc) is 3.36. The van der Waals surface area contributed by atoms with Crippen LogP contribution in [0.25, 0.3) is 5.69 Å². The van der Waals surface area contributed by atoms with Gasteiger partial charge in [-0.1, -0.05) is 17.3 Å². The van der Waals surface area contributed by atoms with Gasteiger partial charge in [0.25, 0.3) is 0 Å². The van der Waals surface area contributed by atoms with Gasteiger partial charge in [-0.15, -0.1) is 0 Å². The summed E-state index contributed by atoms with van der Waals surface area (Å²) < 4.78 is 23.6. The molecule has 0 N–H and O–H groups in total. The molecular weight excluding hydrogens is 391 g/mol. The average molecular weight is 412 g/mol. The third-order valence-electron chi connectivity index (χ3n) is 5.15. The molecule has 0 saturated heterocycles. The highest BCUT2D eigenvalue weighted by Crippen LogP contribution is 2.14.